The Morgan fingerprint density at radius 1 is 1.00 bits per heavy atom. The van der Waals surface area contributed by atoms with Crippen LogP contribution in [0.2, 0.25) is 0 Å². The Morgan fingerprint density at radius 3 is 2.37 bits per heavy atom. The Kier molecular flexibility index (Phi) is 8.05. The number of nitrogens with one attached hydrogen (secondary N) is 3. The van der Waals surface area contributed by atoms with Gasteiger partial charge in [-0.15, -0.1) is 0 Å². The first-order chi connectivity index (χ1) is 14.6. The second kappa shape index (κ2) is 11.2. The van der Waals surface area contributed by atoms with Gasteiger partial charge in [0.15, 0.2) is 0 Å². The third-order valence-electron chi connectivity index (χ3n) is 4.83. The molecule has 1 aliphatic rings. The van der Waals surface area contributed by atoms with Crippen molar-refractivity contribution >= 4 is 17.6 Å². The van der Waals surface area contributed by atoms with Crippen LogP contribution in [0.25, 0.3) is 0 Å². The SMILES string of the molecule is COc1ccc(CNC(=O)Nc2ccc(C(=O)NCCN3CCOCC3)cc2)cc1. The summed E-state index contributed by atoms with van der Waals surface area (Å²) in [4.78, 5) is 26.6. The molecule has 1 fully saturated rings. The molecule has 0 radical (unpaired) electrons. The topological polar surface area (TPSA) is 91.9 Å². The van der Waals surface area contributed by atoms with Gasteiger partial charge in [0, 0.05) is 44.0 Å². The monoisotopic (exact) mass is 412 g/mol. The highest BCUT2D eigenvalue weighted by atomic mass is 16.5. The second-order valence-corrected chi connectivity index (χ2v) is 6.94. The largest absolute Gasteiger partial charge is 0.497 e. The number of methoxy groups -OCH3 is 1. The first-order valence-electron chi connectivity index (χ1n) is 10.0. The molecule has 0 aromatic heterocycles. The van der Waals surface area contributed by atoms with E-state index in [9.17, 15) is 9.59 Å². The van der Waals surface area contributed by atoms with Gasteiger partial charge in [-0.25, -0.2) is 4.79 Å². The lowest BCUT2D eigenvalue weighted by Crippen LogP contribution is -2.41. The van der Waals surface area contributed by atoms with Gasteiger partial charge in [0.2, 0.25) is 0 Å². The number of rotatable bonds is 8. The summed E-state index contributed by atoms with van der Waals surface area (Å²) >= 11 is 0. The van der Waals surface area contributed by atoms with E-state index in [-0.39, 0.29) is 11.9 Å². The lowest BCUT2D eigenvalue weighted by atomic mass is 10.2. The number of ether oxygens (including phenoxy) is 2. The molecule has 1 aliphatic heterocycles. The minimum absolute atomic E-state index is 0.126. The Balaban J connectivity index is 1.39. The van der Waals surface area contributed by atoms with Gasteiger partial charge in [-0.3, -0.25) is 9.69 Å². The third kappa shape index (κ3) is 6.75. The van der Waals surface area contributed by atoms with E-state index in [1.165, 1.54) is 0 Å². The number of urea groups is 1. The quantitative estimate of drug-likeness (QED) is 0.618. The maximum atomic E-state index is 12.3. The van der Waals surface area contributed by atoms with Crippen molar-refractivity contribution in [2.75, 3.05) is 51.8 Å². The van der Waals surface area contributed by atoms with Crippen LogP contribution in [0.5, 0.6) is 5.75 Å². The van der Waals surface area contributed by atoms with Crippen molar-refractivity contribution in [1.82, 2.24) is 15.5 Å². The summed E-state index contributed by atoms with van der Waals surface area (Å²) in [6, 6.07) is 14.0. The van der Waals surface area contributed by atoms with E-state index in [0.29, 0.717) is 24.3 Å². The molecule has 0 saturated carbocycles. The van der Waals surface area contributed by atoms with E-state index in [1.807, 2.05) is 24.3 Å². The summed E-state index contributed by atoms with van der Waals surface area (Å²) in [5.74, 6) is 0.646. The molecule has 3 rings (SSSR count). The Labute approximate surface area is 176 Å². The molecule has 3 amide bonds. The van der Waals surface area contributed by atoms with E-state index in [0.717, 1.165) is 44.2 Å². The lowest BCUT2D eigenvalue weighted by Gasteiger charge is -2.26. The zero-order chi connectivity index (χ0) is 21.2. The smallest absolute Gasteiger partial charge is 0.319 e. The Morgan fingerprint density at radius 2 is 1.70 bits per heavy atom. The van der Waals surface area contributed by atoms with Crippen LogP contribution in [0.3, 0.4) is 0 Å². The van der Waals surface area contributed by atoms with E-state index in [4.69, 9.17) is 9.47 Å². The van der Waals surface area contributed by atoms with Crippen molar-refractivity contribution in [3.63, 3.8) is 0 Å². The van der Waals surface area contributed by atoms with Crippen LogP contribution in [-0.4, -0.2) is 63.3 Å². The summed E-state index contributed by atoms with van der Waals surface area (Å²) in [6.45, 7) is 5.09. The van der Waals surface area contributed by atoms with Crippen molar-refractivity contribution in [1.29, 1.82) is 0 Å². The molecule has 0 unspecified atom stereocenters. The van der Waals surface area contributed by atoms with Crippen LogP contribution in [0.1, 0.15) is 15.9 Å². The van der Waals surface area contributed by atoms with E-state index in [1.54, 1.807) is 31.4 Å². The number of carbonyl (C=O) groups is 2. The summed E-state index contributed by atoms with van der Waals surface area (Å²) in [5, 5.41) is 8.48. The number of nitrogens with zero attached hydrogens (tertiary/aromatic N) is 1. The average Bonchev–Trinajstić information content (AvgIpc) is 2.79. The minimum atomic E-state index is -0.312. The predicted molar refractivity (Wildman–Crippen MR) is 115 cm³/mol. The molecule has 8 heteroatoms. The number of morpholine rings is 1. The van der Waals surface area contributed by atoms with Crippen LogP contribution in [0, 0.1) is 0 Å². The zero-order valence-electron chi connectivity index (χ0n) is 17.1. The van der Waals surface area contributed by atoms with Crippen molar-refractivity contribution in [3.8, 4) is 5.75 Å². The first kappa shape index (κ1) is 21.6. The molecule has 160 valence electrons. The van der Waals surface area contributed by atoms with Crippen molar-refractivity contribution in [2.45, 2.75) is 6.54 Å². The number of amides is 3. The van der Waals surface area contributed by atoms with Crippen molar-refractivity contribution < 1.29 is 19.1 Å². The van der Waals surface area contributed by atoms with E-state index in [2.05, 4.69) is 20.9 Å². The molecule has 30 heavy (non-hydrogen) atoms. The average molecular weight is 412 g/mol. The summed E-state index contributed by atoms with van der Waals surface area (Å²) in [7, 11) is 1.61. The van der Waals surface area contributed by atoms with Gasteiger partial charge in [0.25, 0.3) is 5.91 Å². The molecule has 0 atom stereocenters. The third-order valence-corrected chi connectivity index (χ3v) is 4.83. The maximum Gasteiger partial charge on any atom is 0.319 e. The molecule has 8 nitrogen and oxygen atoms in total. The minimum Gasteiger partial charge on any atom is -0.497 e. The summed E-state index contributed by atoms with van der Waals surface area (Å²) in [5.41, 5.74) is 2.14. The standard InChI is InChI=1S/C22H28N4O4/c1-29-20-8-2-17(3-9-20)16-24-22(28)25-19-6-4-18(5-7-19)21(27)23-10-11-26-12-14-30-15-13-26/h2-9H,10-16H2,1H3,(H,23,27)(H2,24,25,28). The molecular weight excluding hydrogens is 384 g/mol. The second-order valence-electron chi connectivity index (χ2n) is 6.94. The molecule has 3 N–H and O–H groups in total. The fourth-order valence-corrected chi connectivity index (χ4v) is 3.06. The van der Waals surface area contributed by atoms with Crippen molar-refractivity contribution in [2.24, 2.45) is 0 Å². The number of carbonyl (C=O) groups excluding carboxylic acids is 2. The molecule has 0 aliphatic carbocycles. The van der Waals surface area contributed by atoms with Crippen molar-refractivity contribution in [3.05, 3.63) is 59.7 Å². The molecule has 0 bridgehead atoms. The fraction of sp³-hybridized carbons (Fsp3) is 0.364. The van der Waals surface area contributed by atoms with Crippen LogP contribution in [0.15, 0.2) is 48.5 Å². The molecule has 0 spiro atoms. The van der Waals surface area contributed by atoms with Crippen LogP contribution in [0.4, 0.5) is 10.5 Å². The molecule has 2 aromatic carbocycles. The van der Waals surface area contributed by atoms with Crippen LogP contribution in [-0.2, 0) is 11.3 Å². The zero-order valence-corrected chi connectivity index (χ0v) is 17.1. The van der Waals surface area contributed by atoms with Gasteiger partial charge in [0.05, 0.1) is 20.3 Å². The van der Waals surface area contributed by atoms with Crippen LogP contribution < -0.4 is 20.7 Å². The highest BCUT2D eigenvalue weighted by Gasteiger charge is 2.11. The normalized spacial score (nSPS) is 14.0. The maximum absolute atomic E-state index is 12.3. The molecule has 1 heterocycles. The molecular formula is C22H28N4O4. The van der Waals surface area contributed by atoms with Gasteiger partial charge in [-0.1, -0.05) is 12.1 Å². The van der Waals surface area contributed by atoms with Gasteiger partial charge in [-0.2, -0.15) is 0 Å². The van der Waals surface area contributed by atoms with Gasteiger partial charge in [-0.05, 0) is 42.0 Å². The van der Waals surface area contributed by atoms with Gasteiger partial charge < -0.3 is 25.4 Å². The van der Waals surface area contributed by atoms with E-state index >= 15 is 0 Å². The van der Waals surface area contributed by atoms with Gasteiger partial charge in [0.1, 0.15) is 5.75 Å². The Bertz CT molecular complexity index is 818. The summed E-state index contributed by atoms with van der Waals surface area (Å²) in [6.07, 6.45) is 0. The number of anilines is 1. The van der Waals surface area contributed by atoms with E-state index < -0.39 is 0 Å². The van der Waals surface area contributed by atoms with Gasteiger partial charge >= 0.3 is 6.03 Å². The number of hydrogen-bond donors (Lipinski definition) is 3. The molecule has 2 aromatic rings. The predicted octanol–water partition coefficient (Wildman–Crippen LogP) is 2.08. The van der Waals surface area contributed by atoms with Crippen LogP contribution >= 0.6 is 0 Å². The Hall–Kier alpha value is -3.10. The first-order valence-corrected chi connectivity index (χ1v) is 10.0. The molecule has 1 saturated heterocycles. The lowest BCUT2D eigenvalue weighted by molar-refractivity contribution is 0.0383. The highest BCUT2D eigenvalue weighted by molar-refractivity contribution is 5.95. The number of hydrogen-bond acceptors (Lipinski definition) is 5. The summed E-state index contributed by atoms with van der Waals surface area (Å²) < 4.78 is 10.4. The number of benzene rings is 2. The fourth-order valence-electron chi connectivity index (χ4n) is 3.06. The highest BCUT2D eigenvalue weighted by Crippen LogP contribution is 2.12.